The lowest BCUT2D eigenvalue weighted by Gasteiger charge is -2.30. The van der Waals surface area contributed by atoms with E-state index in [0.29, 0.717) is 12.3 Å². The Bertz CT molecular complexity index is 521. The summed E-state index contributed by atoms with van der Waals surface area (Å²) in [5.74, 6) is 0.323. The van der Waals surface area contributed by atoms with Crippen molar-refractivity contribution in [3.05, 3.63) is 11.5 Å². The molecule has 1 heterocycles. The molecule has 0 fully saturated rings. The summed E-state index contributed by atoms with van der Waals surface area (Å²) in [5.41, 5.74) is 5.00. The topological polar surface area (TPSA) is 90.0 Å². The van der Waals surface area contributed by atoms with Gasteiger partial charge in [-0.1, -0.05) is 13.8 Å². The zero-order chi connectivity index (χ0) is 14.8. The fraction of sp³-hybridized carbons (Fsp3) is 0.727. The Morgan fingerprint density at radius 1 is 1.58 bits per heavy atom. The molecule has 1 aromatic heterocycles. The summed E-state index contributed by atoms with van der Waals surface area (Å²) in [6.07, 6.45) is 2.01. The minimum absolute atomic E-state index is 0.0940. The number of nitrogens with two attached hydrogens (primary N) is 1. The van der Waals surface area contributed by atoms with Crippen molar-refractivity contribution in [2.24, 2.45) is 18.7 Å². The van der Waals surface area contributed by atoms with E-state index in [0.717, 1.165) is 0 Å². The summed E-state index contributed by atoms with van der Waals surface area (Å²) in [7, 11) is -2.09. The summed E-state index contributed by atoms with van der Waals surface area (Å²) in [6.45, 7) is 6.03. The number of aromatic nitrogens is 2. The van der Waals surface area contributed by atoms with Crippen molar-refractivity contribution in [3.8, 4) is 0 Å². The molecule has 0 spiro atoms. The smallest absolute Gasteiger partial charge is 0.260 e. The highest BCUT2D eigenvalue weighted by Gasteiger charge is 2.31. The molecular formula is C11H21ClN4O2S. The number of nitrogens with zero attached hydrogens (tertiary/aromatic N) is 2. The zero-order valence-electron chi connectivity index (χ0n) is 11.6. The summed E-state index contributed by atoms with van der Waals surface area (Å²) >= 11 is 5.76. The second kappa shape index (κ2) is 5.78. The number of aryl methyl sites for hydroxylation is 1. The lowest BCUT2D eigenvalue weighted by Crippen LogP contribution is -2.52. The van der Waals surface area contributed by atoms with Gasteiger partial charge in [0.25, 0.3) is 10.0 Å². The number of halogens is 1. The number of sulfonamides is 1. The first-order valence-electron chi connectivity index (χ1n) is 6.02. The van der Waals surface area contributed by atoms with Gasteiger partial charge < -0.3 is 10.3 Å². The minimum Gasteiger partial charge on any atom is -0.329 e. The van der Waals surface area contributed by atoms with E-state index in [1.165, 1.54) is 10.8 Å². The molecule has 6 nitrogen and oxygen atoms in total. The van der Waals surface area contributed by atoms with Gasteiger partial charge >= 0.3 is 0 Å². The highest BCUT2D eigenvalue weighted by molar-refractivity contribution is 7.89. The Labute approximate surface area is 119 Å². The molecule has 0 aliphatic heterocycles. The molecule has 1 atom stereocenters. The van der Waals surface area contributed by atoms with E-state index >= 15 is 0 Å². The van der Waals surface area contributed by atoms with Crippen molar-refractivity contribution < 1.29 is 8.42 Å². The molecule has 1 rings (SSSR count). The quantitative estimate of drug-likeness (QED) is 0.824. The third-order valence-corrected chi connectivity index (χ3v) is 4.62. The Kier molecular flexibility index (Phi) is 5.00. The van der Waals surface area contributed by atoms with Crippen LogP contribution in [0.25, 0.3) is 0 Å². The van der Waals surface area contributed by atoms with Gasteiger partial charge in [-0.25, -0.2) is 18.1 Å². The third-order valence-electron chi connectivity index (χ3n) is 2.76. The van der Waals surface area contributed by atoms with Gasteiger partial charge in [0.2, 0.25) is 5.28 Å². The molecule has 19 heavy (non-hydrogen) atoms. The van der Waals surface area contributed by atoms with Crippen LogP contribution in [-0.2, 0) is 17.1 Å². The predicted molar refractivity (Wildman–Crippen MR) is 75.5 cm³/mol. The van der Waals surface area contributed by atoms with Crippen LogP contribution >= 0.6 is 11.6 Å². The Balaban J connectivity index is 3.01. The van der Waals surface area contributed by atoms with Crippen molar-refractivity contribution >= 4 is 21.6 Å². The first-order valence-corrected chi connectivity index (χ1v) is 7.88. The molecule has 110 valence electrons. The normalized spacial score (nSPS) is 15.7. The van der Waals surface area contributed by atoms with Crippen LogP contribution in [0.5, 0.6) is 0 Å². The van der Waals surface area contributed by atoms with Crippen molar-refractivity contribution in [3.63, 3.8) is 0 Å². The van der Waals surface area contributed by atoms with Gasteiger partial charge in [-0.2, -0.15) is 0 Å². The van der Waals surface area contributed by atoms with E-state index in [9.17, 15) is 8.42 Å². The third kappa shape index (κ3) is 4.17. The maximum atomic E-state index is 12.3. The van der Waals surface area contributed by atoms with E-state index in [2.05, 4.69) is 9.71 Å². The molecule has 0 aromatic carbocycles. The zero-order valence-corrected chi connectivity index (χ0v) is 13.2. The van der Waals surface area contributed by atoms with Gasteiger partial charge in [0.05, 0.1) is 0 Å². The van der Waals surface area contributed by atoms with Crippen LogP contribution in [-0.4, -0.2) is 30.1 Å². The molecule has 0 aliphatic carbocycles. The van der Waals surface area contributed by atoms with Gasteiger partial charge in [-0.05, 0) is 30.9 Å². The van der Waals surface area contributed by atoms with Crippen LogP contribution in [0.1, 0.15) is 27.2 Å². The Hall–Kier alpha value is -0.630. The van der Waals surface area contributed by atoms with E-state index in [1.807, 2.05) is 13.8 Å². The molecule has 0 saturated carbocycles. The Morgan fingerprint density at radius 3 is 2.53 bits per heavy atom. The second-order valence-electron chi connectivity index (χ2n) is 5.43. The average molecular weight is 309 g/mol. The molecular weight excluding hydrogens is 288 g/mol. The highest BCUT2D eigenvalue weighted by atomic mass is 35.5. The van der Waals surface area contributed by atoms with Crippen molar-refractivity contribution in [1.29, 1.82) is 0 Å². The number of rotatable bonds is 6. The Morgan fingerprint density at radius 2 is 2.16 bits per heavy atom. The number of hydrogen-bond donors (Lipinski definition) is 2. The van der Waals surface area contributed by atoms with Gasteiger partial charge in [-0.15, -0.1) is 0 Å². The number of nitrogens with one attached hydrogen (secondary N) is 1. The van der Waals surface area contributed by atoms with Crippen LogP contribution in [0.3, 0.4) is 0 Å². The average Bonchev–Trinajstić information content (AvgIpc) is 2.58. The van der Waals surface area contributed by atoms with E-state index in [4.69, 9.17) is 17.3 Å². The van der Waals surface area contributed by atoms with Crippen LogP contribution < -0.4 is 10.5 Å². The van der Waals surface area contributed by atoms with Crippen molar-refractivity contribution in [1.82, 2.24) is 14.3 Å². The predicted octanol–water partition coefficient (Wildman–Crippen LogP) is 1.12. The first kappa shape index (κ1) is 16.4. The second-order valence-corrected chi connectivity index (χ2v) is 7.39. The van der Waals surface area contributed by atoms with E-state index in [-0.39, 0.29) is 16.9 Å². The molecule has 0 amide bonds. The monoisotopic (exact) mass is 308 g/mol. The fourth-order valence-electron chi connectivity index (χ4n) is 1.99. The van der Waals surface area contributed by atoms with Gasteiger partial charge in [0.1, 0.15) is 0 Å². The van der Waals surface area contributed by atoms with Gasteiger partial charge in [0, 0.05) is 25.3 Å². The van der Waals surface area contributed by atoms with Crippen molar-refractivity contribution in [2.45, 2.75) is 37.8 Å². The van der Waals surface area contributed by atoms with Gasteiger partial charge in [-0.3, -0.25) is 0 Å². The standard InChI is InChI=1S/C11H21ClN4O2S/c1-8(2)5-11(3,7-13)15-19(17,18)9-6-16(4)10(12)14-9/h6,8,15H,5,7,13H2,1-4H3. The number of imidazole rings is 1. The SMILES string of the molecule is CC(C)CC(C)(CN)NS(=O)(=O)c1cn(C)c(Cl)n1. The largest absolute Gasteiger partial charge is 0.329 e. The summed E-state index contributed by atoms with van der Waals surface area (Å²) in [4.78, 5) is 3.82. The molecule has 0 bridgehead atoms. The van der Waals surface area contributed by atoms with Crippen LogP contribution in [0.2, 0.25) is 5.28 Å². The van der Waals surface area contributed by atoms with E-state index in [1.54, 1.807) is 14.0 Å². The summed E-state index contributed by atoms with van der Waals surface area (Å²) < 4.78 is 28.6. The van der Waals surface area contributed by atoms with Crippen LogP contribution in [0.15, 0.2) is 11.2 Å². The van der Waals surface area contributed by atoms with Crippen LogP contribution in [0, 0.1) is 5.92 Å². The first-order chi connectivity index (χ1) is 8.59. The maximum Gasteiger partial charge on any atom is 0.260 e. The fourth-order valence-corrected chi connectivity index (χ4v) is 3.60. The molecule has 0 saturated heterocycles. The lowest BCUT2D eigenvalue weighted by molar-refractivity contribution is 0.344. The summed E-state index contributed by atoms with van der Waals surface area (Å²) in [6, 6.07) is 0. The number of hydrogen-bond acceptors (Lipinski definition) is 4. The van der Waals surface area contributed by atoms with Crippen LogP contribution in [0.4, 0.5) is 0 Å². The molecule has 8 heteroatoms. The lowest BCUT2D eigenvalue weighted by atomic mass is 9.92. The maximum absolute atomic E-state index is 12.3. The van der Waals surface area contributed by atoms with Crippen molar-refractivity contribution in [2.75, 3.05) is 6.54 Å². The molecule has 1 unspecified atom stereocenters. The minimum atomic E-state index is -3.72. The van der Waals surface area contributed by atoms with E-state index < -0.39 is 15.6 Å². The molecule has 1 aromatic rings. The highest BCUT2D eigenvalue weighted by Crippen LogP contribution is 2.20. The summed E-state index contributed by atoms with van der Waals surface area (Å²) in [5, 5.41) is 0.0297. The molecule has 0 aliphatic rings. The molecule has 0 radical (unpaired) electrons. The van der Waals surface area contributed by atoms with Gasteiger partial charge in [0.15, 0.2) is 5.03 Å². The molecule has 3 N–H and O–H groups in total.